The molecule has 0 aliphatic carbocycles. The van der Waals surface area contributed by atoms with Crippen LogP contribution in [0.5, 0.6) is 0 Å². The maximum Gasteiger partial charge on any atom is 0.123 e. The maximum absolute atomic E-state index is 12.9. The molecule has 0 aromatic heterocycles. The van der Waals surface area contributed by atoms with E-state index in [9.17, 15) is 9.18 Å². The molecule has 2 unspecified atom stereocenters. The van der Waals surface area contributed by atoms with Crippen LogP contribution < -0.4 is 5.14 Å². The number of nitrogens with two attached hydrogens (primary N) is 1. The van der Waals surface area contributed by atoms with Gasteiger partial charge in [-0.3, -0.25) is 5.14 Å². The summed E-state index contributed by atoms with van der Waals surface area (Å²) in [4.78, 5) is 10.9. The highest BCUT2D eigenvalue weighted by Crippen LogP contribution is 2.23. The number of halogens is 1. The van der Waals surface area contributed by atoms with E-state index in [0.717, 1.165) is 44.8 Å². The van der Waals surface area contributed by atoms with Crippen LogP contribution in [-0.2, 0) is 4.79 Å². The van der Waals surface area contributed by atoms with E-state index in [1.807, 2.05) is 30.7 Å². The van der Waals surface area contributed by atoms with E-state index < -0.39 is 0 Å². The van der Waals surface area contributed by atoms with Gasteiger partial charge in [0, 0.05) is 5.92 Å². The second-order valence-electron chi connectivity index (χ2n) is 9.04. The molecule has 180 valence electrons. The van der Waals surface area contributed by atoms with Gasteiger partial charge in [-0.25, -0.2) is 4.39 Å². The van der Waals surface area contributed by atoms with Crippen molar-refractivity contribution in [3.05, 3.63) is 54.0 Å². The van der Waals surface area contributed by atoms with Gasteiger partial charge in [-0.1, -0.05) is 72.6 Å². The van der Waals surface area contributed by atoms with Crippen molar-refractivity contribution < 1.29 is 9.18 Å². The molecule has 2 nitrogen and oxygen atoms in total. The predicted octanol–water partition coefficient (Wildman–Crippen LogP) is 8.25. The highest BCUT2D eigenvalue weighted by atomic mass is 32.2. The quantitative estimate of drug-likeness (QED) is 0.156. The van der Waals surface area contributed by atoms with Gasteiger partial charge in [-0.15, -0.1) is 18.5 Å². The Balaban J connectivity index is -0.000000661. The second kappa shape index (κ2) is 23.7. The molecule has 1 aromatic carbocycles. The first-order valence-electron chi connectivity index (χ1n) is 10.8. The van der Waals surface area contributed by atoms with Crippen molar-refractivity contribution >= 4 is 30.9 Å². The van der Waals surface area contributed by atoms with Crippen molar-refractivity contribution in [2.45, 2.75) is 79.1 Å². The van der Waals surface area contributed by atoms with Gasteiger partial charge < -0.3 is 4.79 Å². The van der Waals surface area contributed by atoms with E-state index in [1.165, 1.54) is 17.7 Å². The summed E-state index contributed by atoms with van der Waals surface area (Å²) in [6, 6.07) is 6.77. The highest BCUT2D eigenvalue weighted by Gasteiger charge is 2.07. The average molecular weight is 472 g/mol. The Bertz CT molecular complexity index is 558. The molecular formula is C26H46FNOS2. The lowest BCUT2D eigenvalue weighted by Gasteiger charge is -2.12. The number of benzene rings is 1. The summed E-state index contributed by atoms with van der Waals surface area (Å²) in [6.45, 7) is 14.4. The van der Waals surface area contributed by atoms with Crippen LogP contribution in [0.2, 0.25) is 0 Å². The lowest BCUT2D eigenvalue weighted by Crippen LogP contribution is -2.00. The maximum atomic E-state index is 12.9. The van der Waals surface area contributed by atoms with E-state index in [-0.39, 0.29) is 11.7 Å². The molecule has 0 saturated heterocycles. The minimum atomic E-state index is -0.181. The summed E-state index contributed by atoms with van der Waals surface area (Å²) >= 11 is 4.78. The first-order valence-corrected chi connectivity index (χ1v) is 12.9. The smallest absolute Gasteiger partial charge is 0.123 e. The zero-order valence-corrected chi connectivity index (χ0v) is 22.5. The monoisotopic (exact) mass is 471 g/mol. The first kappa shape index (κ1) is 34.6. The minimum absolute atomic E-state index is 0.105. The van der Waals surface area contributed by atoms with Gasteiger partial charge in [0.2, 0.25) is 0 Å². The molecule has 0 radical (unpaired) electrons. The van der Waals surface area contributed by atoms with Crippen LogP contribution in [0, 0.1) is 17.2 Å². The van der Waals surface area contributed by atoms with Crippen molar-refractivity contribution in [2.75, 3.05) is 12.5 Å². The summed E-state index contributed by atoms with van der Waals surface area (Å²) in [5, 5.41) is 4.19. The van der Waals surface area contributed by atoms with Crippen LogP contribution in [0.4, 0.5) is 4.39 Å². The van der Waals surface area contributed by atoms with Crippen LogP contribution >= 0.6 is 24.6 Å². The van der Waals surface area contributed by atoms with Gasteiger partial charge in [-0.05, 0) is 66.9 Å². The Morgan fingerprint density at radius 3 is 1.97 bits per heavy atom. The van der Waals surface area contributed by atoms with Crippen molar-refractivity contribution in [3.63, 3.8) is 0 Å². The van der Waals surface area contributed by atoms with E-state index >= 15 is 0 Å². The van der Waals surface area contributed by atoms with E-state index in [1.54, 1.807) is 11.8 Å². The zero-order valence-electron chi connectivity index (χ0n) is 20.8. The average Bonchev–Trinajstić information content (AvgIpc) is 2.71. The molecule has 0 heterocycles. The van der Waals surface area contributed by atoms with Crippen molar-refractivity contribution in [1.29, 1.82) is 0 Å². The number of allylic oxidation sites excluding steroid dienone is 1. The summed E-state index contributed by atoms with van der Waals surface area (Å²) in [7, 11) is 0. The summed E-state index contributed by atoms with van der Waals surface area (Å²) < 4.78 is 12.9. The van der Waals surface area contributed by atoms with Crippen molar-refractivity contribution in [3.8, 4) is 0 Å². The SMILES string of the molecule is C=C=CCC(C=O)CCCCCC(C)c1ccc(F)cc1.CC(C)(C)C.CSC.NS. The van der Waals surface area contributed by atoms with Crippen LogP contribution in [0.25, 0.3) is 0 Å². The Morgan fingerprint density at radius 1 is 1.10 bits per heavy atom. The van der Waals surface area contributed by atoms with Crippen LogP contribution in [0.15, 0.2) is 42.7 Å². The van der Waals surface area contributed by atoms with Gasteiger partial charge in [-0.2, -0.15) is 11.8 Å². The largest absolute Gasteiger partial charge is 0.303 e. The number of rotatable bonds is 10. The first-order chi connectivity index (χ1) is 14.6. The molecule has 2 N–H and O–H groups in total. The fraction of sp³-hybridized carbons (Fsp3) is 0.615. The van der Waals surface area contributed by atoms with Gasteiger partial charge in [0.15, 0.2) is 0 Å². The van der Waals surface area contributed by atoms with Gasteiger partial charge in [0.25, 0.3) is 0 Å². The predicted molar refractivity (Wildman–Crippen MR) is 144 cm³/mol. The van der Waals surface area contributed by atoms with E-state index in [4.69, 9.17) is 0 Å². The fourth-order valence-corrected chi connectivity index (χ4v) is 2.47. The molecule has 1 aromatic rings. The number of unbranched alkanes of at least 4 members (excludes halogenated alkanes) is 2. The molecule has 2 atom stereocenters. The van der Waals surface area contributed by atoms with E-state index in [2.05, 4.69) is 64.9 Å². The zero-order chi connectivity index (χ0) is 24.7. The summed E-state index contributed by atoms with van der Waals surface area (Å²) in [5.74, 6) is 0.379. The number of thioether (sulfide) groups is 1. The molecule has 0 aliphatic heterocycles. The molecule has 0 saturated carbocycles. The third-order valence-electron chi connectivity index (χ3n) is 3.91. The number of hydrogen-bond acceptors (Lipinski definition) is 4. The number of thiol groups is 1. The Kier molecular flexibility index (Phi) is 26.4. The normalized spacial score (nSPS) is 11.7. The molecule has 1 rings (SSSR count). The van der Waals surface area contributed by atoms with Crippen LogP contribution in [-0.4, -0.2) is 18.8 Å². The lowest BCUT2D eigenvalue weighted by atomic mass is 9.93. The minimum Gasteiger partial charge on any atom is -0.303 e. The molecule has 0 spiro atoms. The van der Waals surface area contributed by atoms with Crippen molar-refractivity contribution in [1.82, 2.24) is 0 Å². The van der Waals surface area contributed by atoms with Crippen molar-refractivity contribution in [2.24, 2.45) is 16.5 Å². The Labute approximate surface area is 201 Å². The molecular weight excluding hydrogens is 425 g/mol. The number of carbonyl (C=O) groups is 1. The van der Waals surface area contributed by atoms with Gasteiger partial charge in [0.05, 0.1) is 0 Å². The van der Waals surface area contributed by atoms with Crippen LogP contribution in [0.3, 0.4) is 0 Å². The Morgan fingerprint density at radius 2 is 1.55 bits per heavy atom. The molecule has 0 fully saturated rings. The Hall–Kier alpha value is -1.00. The number of aldehydes is 1. The number of hydrogen-bond donors (Lipinski definition) is 2. The summed E-state index contributed by atoms with van der Waals surface area (Å²) in [5.41, 5.74) is 4.40. The topological polar surface area (TPSA) is 43.1 Å². The molecule has 0 bridgehead atoms. The number of carbonyl (C=O) groups excluding carboxylic acids is 1. The van der Waals surface area contributed by atoms with Crippen LogP contribution in [0.1, 0.15) is 84.6 Å². The third kappa shape index (κ3) is 29.0. The highest BCUT2D eigenvalue weighted by molar-refractivity contribution is 7.97. The fourth-order valence-electron chi connectivity index (χ4n) is 2.47. The summed E-state index contributed by atoms with van der Waals surface area (Å²) in [6.07, 6.45) is 13.1. The third-order valence-corrected chi connectivity index (χ3v) is 3.91. The molecule has 0 aliphatic rings. The van der Waals surface area contributed by atoms with Gasteiger partial charge in [0.1, 0.15) is 12.1 Å². The standard InChI is InChI=1S/C19H25FO.C5H12.C2H6S.H3NS/c1-3-4-9-17(15-21)10-7-5-6-8-16(2)18-11-13-19(20)14-12-18;1-5(2,3)4;1-3-2;1-2/h4,11-17H,1,5-10H2,2H3;1-4H3;1-2H3;2H,1H2. The van der Waals surface area contributed by atoms with E-state index in [0.29, 0.717) is 11.3 Å². The lowest BCUT2D eigenvalue weighted by molar-refractivity contribution is -0.111. The van der Waals surface area contributed by atoms with Gasteiger partial charge >= 0.3 is 0 Å². The molecule has 31 heavy (non-hydrogen) atoms. The molecule has 5 heteroatoms. The molecule has 0 amide bonds. The second-order valence-corrected chi connectivity index (χ2v) is 9.86.